The second kappa shape index (κ2) is 4.27. The summed E-state index contributed by atoms with van der Waals surface area (Å²) in [7, 11) is 0. The molecule has 0 spiro atoms. The molecule has 0 saturated carbocycles. The molecular formula is C12H24N2S. The molecule has 2 heterocycles. The van der Waals surface area contributed by atoms with Gasteiger partial charge in [-0.2, -0.15) is 11.8 Å². The lowest BCUT2D eigenvalue weighted by Crippen LogP contribution is -2.42. The normalized spacial score (nSPS) is 37.2. The first-order chi connectivity index (χ1) is 7.02. The molecule has 2 fully saturated rings. The third kappa shape index (κ3) is 2.34. The first-order valence-electron chi connectivity index (χ1n) is 6.12. The van der Waals surface area contributed by atoms with Crippen LogP contribution in [0, 0.1) is 5.92 Å². The van der Waals surface area contributed by atoms with Crippen LogP contribution in [0.15, 0.2) is 0 Å². The number of likely N-dealkylation sites (tertiary alicyclic amines) is 1. The van der Waals surface area contributed by atoms with Crippen molar-refractivity contribution in [1.82, 2.24) is 10.2 Å². The van der Waals surface area contributed by atoms with Crippen LogP contribution >= 0.6 is 11.8 Å². The van der Waals surface area contributed by atoms with Gasteiger partial charge in [0.1, 0.15) is 0 Å². The van der Waals surface area contributed by atoms with Crippen molar-refractivity contribution in [2.75, 3.05) is 25.4 Å². The number of nitrogens with one attached hydrogen (secondary N) is 1. The van der Waals surface area contributed by atoms with Gasteiger partial charge >= 0.3 is 0 Å². The Labute approximate surface area is 98.2 Å². The second-order valence-electron chi connectivity index (χ2n) is 5.78. The van der Waals surface area contributed by atoms with Crippen LogP contribution < -0.4 is 5.32 Å². The number of rotatable bonds is 2. The Morgan fingerprint density at radius 1 is 1.33 bits per heavy atom. The Kier molecular flexibility index (Phi) is 3.34. The van der Waals surface area contributed by atoms with Gasteiger partial charge in [-0.25, -0.2) is 0 Å². The molecule has 2 rings (SSSR count). The first-order valence-corrected chi connectivity index (χ1v) is 7.17. The summed E-state index contributed by atoms with van der Waals surface area (Å²) in [6.07, 6.45) is 0. The number of fused-ring (bicyclic) bond motifs is 1. The van der Waals surface area contributed by atoms with Crippen molar-refractivity contribution < 1.29 is 0 Å². The topological polar surface area (TPSA) is 15.3 Å². The van der Waals surface area contributed by atoms with Gasteiger partial charge in [-0.1, -0.05) is 6.92 Å². The highest BCUT2D eigenvalue weighted by Gasteiger charge is 2.45. The summed E-state index contributed by atoms with van der Waals surface area (Å²) in [5.74, 6) is 2.20. The molecule has 3 heteroatoms. The SMILES string of the molecule is CCNC1CSC2CN(C(C)(C)C)CC12. The maximum Gasteiger partial charge on any atom is 0.0231 e. The third-order valence-electron chi connectivity index (χ3n) is 3.73. The Hall–Kier alpha value is 0.270. The van der Waals surface area contributed by atoms with Crippen molar-refractivity contribution in [3.05, 3.63) is 0 Å². The van der Waals surface area contributed by atoms with E-state index in [1.807, 2.05) is 0 Å². The van der Waals surface area contributed by atoms with E-state index in [-0.39, 0.29) is 0 Å². The van der Waals surface area contributed by atoms with E-state index in [1.54, 1.807) is 0 Å². The van der Waals surface area contributed by atoms with Crippen LogP contribution in [0.5, 0.6) is 0 Å². The molecular weight excluding hydrogens is 204 g/mol. The highest BCUT2D eigenvalue weighted by atomic mass is 32.2. The van der Waals surface area contributed by atoms with Crippen molar-refractivity contribution in [3.8, 4) is 0 Å². The fourth-order valence-corrected chi connectivity index (χ4v) is 4.36. The minimum atomic E-state index is 0.349. The average Bonchev–Trinajstić information content (AvgIpc) is 2.65. The smallest absolute Gasteiger partial charge is 0.0231 e. The van der Waals surface area contributed by atoms with E-state index in [1.165, 1.54) is 18.8 Å². The Morgan fingerprint density at radius 3 is 2.67 bits per heavy atom. The molecule has 2 nitrogen and oxygen atoms in total. The molecule has 0 aromatic carbocycles. The van der Waals surface area contributed by atoms with Crippen molar-refractivity contribution in [2.24, 2.45) is 5.92 Å². The molecule has 1 N–H and O–H groups in total. The highest BCUT2D eigenvalue weighted by molar-refractivity contribution is 8.00. The predicted octanol–water partition coefficient (Wildman–Crippen LogP) is 1.81. The van der Waals surface area contributed by atoms with E-state index < -0.39 is 0 Å². The lowest BCUT2D eigenvalue weighted by Gasteiger charge is -2.32. The second-order valence-corrected chi connectivity index (χ2v) is 7.05. The number of hydrogen-bond acceptors (Lipinski definition) is 3. The molecule has 2 aliphatic rings. The maximum atomic E-state index is 3.64. The van der Waals surface area contributed by atoms with Gasteiger partial charge in [0, 0.05) is 41.6 Å². The number of thioether (sulfide) groups is 1. The van der Waals surface area contributed by atoms with Crippen LogP contribution in [0.2, 0.25) is 0 Å². The molecule has 0 radical (unpaired) electrons. The summed E-state index contributed by atoms with van der Waals surface area (Å²) in [4.78, 5) is 2.65. The molecule has 3 unspecified atom stereocenters. The zero-order chi connectivity index (χ0) is 11.1. The molecule has 0 amide bonds. The molecule has 2 aliphatic heterocycles. The fraction of sp³-hybridized carbons (Fsp3) is 1.00. The zero-order valence-electron chi connectivity index (χ0n) is 10.4. The summed E-state index contributed by atoms with van der Waals surface area (Å²) < 4.78 is 0. The standard InChI is InChI=1S/C12H24N2S/c1-5-13-10-8-15-11-7-14(6-9(10)11)12(2,3)4/h9-11,13H,5-8H2,1-4H3. The third-order valence-corrected chi connectivity index (χ3v) is 5.21. The maximum absolute atomic E-state index is 3.64. The highest BCUT2D eigenvalue weighted by Crippen LogP contribution is 2.40. The lowest BCUT2D eigenvalue weighted by molar-refractivity contribution is 0.164. The molecule has 0 aromatic heterocycles. The summed E-state index contributed by atoms with van der Waals surface area (Å²) in [6.45, 7) is 12.9. The molecule has 0 aliphatic carbocycles. The van der Waals surface area contributed by atoms with Crippen LogP contribution in [0.4, 0.5) is 0 Å². The van der Waals surface area contributed by atoms with Crippen LogP contribution in [-0.4, -0.2) is 47.1 Å². The van der Waals surface area contributed by atoms with E-state index >= 15 is 0 Å². The van der Waals surface area contributed by atoms with Gasteiger partial charge in [0.2, 0.25) is 0 Å². The van der Waals surface area contributed by atoms with E-state index in [0.717, 1.165) is 23.8 Å². The summed E-state index contributed by atoms with van der Waals surface area (Å²) in [6, 6.07) is 0.761. The van der Waals surface area contributed by atoms with Gasteiger partial charge in [0.15, 0.2) is 0 Å². The van der Waals surface area contributed by atoms with Crippen LogP contribution in [0.3, 0.4) is 0 Å². The summed E-state index contributed by atoms with van der Waals surface area (Å²) >= 11 is 2.18. The first kappa shape index (κ1) is 11.7. The van der Waals surface area contributed by atoms with Gasteiger partial charge in [0.25, 0.3) is 0 Å². The van der Waals surface area contributed by atoms with Gasteiger partial charge in [0.05, 0.1) is 0 Å². The van der Waals surface area contributed by atoms with E-state index in [9.17, 15) is 0 Å². The van der Waals surface area contributed by atoms with Gasteiger partial charge < -0.3 is 5.32 Å². The van der Waals surface area contributed by atoms with Crippen molar-refractivity contribution in [1.29, 1.82) is 0 Å². The van der Waals surface area contributed by atoms with Crippen molar-refractivity contribution in [3.63, 3.8) is 0 Å². The minimum absolute atomic E-state index is 0.349. The van der Waals surface area contributed by atoms with Crippen LogP contribution in [0.25, 0.3) is 0 Å². The van der Waals surface area contributed by atoms with Crippen molar-refractivity contribution in [2.45, 2.75) is 44.5 Å². The van der Waals surface area contributed by atoms with Crippen LogP contribution in [-0.2, 0) is 0 Å². The lowest BCUT2D eigenvalue weighted by atomic mass is 10.0. The minimum Gasteiger partial charge on any atom is -0.313 e. The molecule has 3 atom stereocenters. The van der Waals surface area contributed by atoms with E-state index in [4.69, 9.17) is 0 Å². The average molecular weight is 228 g/mol. The molecule has 0 aromatic rings. The van der Waals surface area contributed by atoms with E-state index in [0.29, 0.717) is 5.54 Å². The zero-order valence-corrected chi connectivity index (χ0v) is 11.2. The van der Waals surface area contributed by atoms with Gasteiger partial charge in [-0.3, -0.25) is 4.90 Å². The molecule has 15 heavy (non-hydrogen) atoms. The summed E-state index contributed by atoms with van der Waals surface area (Å²) in [5, 5.41) is 4.52. The largest absolute Gasteiger partial charge is 0.313 e. The Bertz CT molecular complexity index is 222. The van der Waals surface area contributed by atoms with E-state index in [2.05, 4.69) is 49.7 Å². The quantitative estimate of drug-likeness (QED) is 0.776. The predicted molar refractivity (Wildman–Crippen MR) is 68.5 cm³/mol. The van der Waals surface area contributed by atoms with Crippen LogP contribution in [0.1, 0.15) is 27.7 Å². The summed E-state index contributed by atoms with van der Waals surface area (Å²) in [5.41, 5.74) is 0.349. The van der Waals surface area contributed by atoms with Gasteiger partial charge in [-0.15, -0.1) is 0 Å². The van der Waals surface area contributed by atoms with Gasteiger partial charge in [-0.05, 0) is 27.3 Å². The Morgan fingerprint density at radius 2 is 2.07 bits per heavy atom. The number of nitrogens with zero attached hydrogens (tertiary/aromatic N) is 1. The molecule has 88 valence electrons. The van der Waals surface area contributed by atoms with Crippen molar-refractivity contribution >= 4 is 11.8 Å². The molecule has 0 bridgehead atoms. The number of hydrogen-bond donors (Lipinski definition) is 1. The fourth-order valence-electron chi connectivity index (χ4n) is 2.73. The monoisotopic (exact) mass is 228 g/mol. The molecule has 2 saturated heterocycles. The Balaban J connectivity index is 1.97.